The lowest BCUT2D eigenvalue weighted by atomic mass is 10.1. The number of carbonyl (C=O) groups excluding carboxylic acids is 1. The van der Waals surface area contributed by atoms with E-state index in [9.17, 15) is 13.6 Å². The van der Waals surface area contributed by atoms with Crippen molar-refractivity contribution in [3.8, 4) is 17.0 Å². The highest BCUT2D eigenvalue weighted by molar-refractivity contribution is 6.04. The van der Waals surface area contributed by atoms with E-state index in [2.05, 4.69) is 4.98 Å². The summed E-state index contributed by atoms with van der Waals surface area (Å²) in [5, 5.41) is 0. The van der Waals surface area contributed by atoms with Crippen LogP contribution in [-0.4, -0.2) is 22.3 Å². The number of allylic oxidation sites excluding steroid dienone is 2. The highest BCUT2D eigenvalue weighted by Crippen LogP contribution is 2.28. The Labute approximate surface area is 177 Å². The maximum Gasteiger partial charge on any atom is 0.178 e. The Bertz CT molecular complexity index is 1310. The largest absolute Gasteiger partial charge is 0.497 e. The lowest BCUT2D eigenvalue weighted by molar-refractivity contribution is -0.110. The first kappa shape index (κ1) is 20.2. The third-order valence-electron chi connectivity index (χ3n) is 4.71. The summed E-state index contributed by atoms with van der Waals surface area (Å²) >= 11 is 0. The zero-order chi connectivity index (χ0) is 21.8. The number of halogens is 2. The normalized spacial score (nSPS) is 11.6. The van der Waals surface area contributed by atoms with Gasteiger partial charge in [-0.15, -0.1) is 0 Å². The van der Waals surface area contributed by atoms with Crippen molar-refractivity contribution in [3.05, 3.63) is 102 Å². The van der Waals surface area contributed by atoms with Gasteiger partial charge in [-0.1, -0.05) is 18.2 Å². The number of benzene rings is 2. The van der Waals surface area contributed by atoms with Gasteiger partial charge in [0.2, 0.25) is 0 Å². The van der Waals surface area contributed by atoms with Crippen LogP contribution in [0.25, 0.3) is 29.1 Å². The van der Waals surface area contributed by atoms with Gasteiger partial charge in [0, 0.05) is 11.8 Å². The standard InChI is InChI=1S/C25H18F2N2O2/c1-31-20-11-7-18(8-12-20)25-23(28-24-4-2-3-15-29(24)25)14-10-19(30)9-5-17-6-13-21(26)22(27)16-17/h2-16H,1H3/b9-5+,14-10+. The molecular formula is C25H18F2N2O2. The molecule has 0 fully saturated rings. The quantitative estimate of drug-likeness (QED) is 0.385. The minimum absolute atomic E-state index is 0.303. The minimum Gasteiger partial charge on any atom is -0.497 e. The van der Waals surface area contributed by atoms with Crippen LogP contribution in [0.5, 0.6) is 5.75 Å². The Balaban J connectivity index is 1.64. The average Bonchev–Trinajstić information content (AvgIpc) is 3.17. The fourth-order valence-corrected chi connectivity index (χ4v) is 3.18. The molecule has 0 bridgehead atoms. The molecule has 0 aliphatic rings. The fourth-order valence-electron chi connectivity index (χ4n) is 3.18. The smallest absolute Gasteiger partial charge is 0.178 e. The molecule has 154 valence electrons. The highest BCUT2D eigenvalue weighted by atomic mass is 19.2. The number of aromatic nitrogens is 2. The van der Waals surface area contributed by atoms with Gasteiger partial charge in [0.25, 0.3) is 0 Å². The van der Waals surface area contributed by atoms with Crippen LogP contribution in [-0.2, 0) is 4.79 Å². The third-order valence-corrected chi connectivity index (χ3v) is 4.71. The average molecular weight is 416 g/mol. The number of carbonyl (C=O) groups is 1. The second-order valence-electron chi connectivity index (χ2n) is 6.75. The van der Waals surface area contributed by atoms with Gasteiger partial charge >= 0.3 is 0 Å². The van der Waals surface area contributed by atoms with Crippen molar-refractivity contribution in [2.45, 2.75) is 0 Å². The summed E-state index contributed by atoms with van der Waals surface area (Å²) in [5.74, 6) is -1.45. The zero-order valence-corrected chi connectivity index (χ0v) is 16.6. The molecule has 31 heavy (non-hydrogen) atoms. The summed E-state index contributed by atoms with van der Waals surface area (Å²) in [6.45, 7) is 0. The molecule has 0 atom stereocenters. The van der Waals surface area contributed by atoms with Crippen LogP contribution >= 0.6 is 0 Å². The molecule has 0 spiro atoms. The van der Waals surface area contributed by atoms with Crippen molar-refractivity contribution in [2.24, 2.45) is 0 Å². The number of pyridine rings is 1. The van der Waals surface area contributed by atoms with Gasteiger partial charge in [-0.05, 0) is 72.3 Å². The van der Waals surface area contributed by atoms with Gasteiger partial charge in [0.1, 0.15) is 11.4 Å². The number of hydrogen-bond donors (Lipinski definition) is 0. The molecule has 0 N–H and O–H groups in total. The van der Waals surface area contributed by atoms with Crippen molar-refractivity contribution in [1.29, 1.82) is 0 Å². The summed E-state index contributed by atoms with van der Waals surface area (Å²) in [5.41, 5.74) is 3.53. The van der Waals surface area contributed by atoms with Crippen molar-refractivity contribution in [1.82, 2.24) is 9.38 Å². The third kappa shape index (κ3) is 4.43. The minimum atomic E-state index is -0.959. The molecule has 0 unspecified atom stereocenters. The molecule has 4 nitrogen and oxygen atoms in total. The molecule has 2 aromatic carbocycles. The zero-order valence-electron chi connectivity index (χ0n) is 16.6. The lowest BCUT2D eigenvalue weighted by Gasteiger charge is -2.05. The van der Waals surface area contributed by atoms with E-state index >= 15 is 0 Å². The Hall–Kier alpha value is -4.06. The van der Waals surface area contributed by atoms with Crippen molar-refractivity contribution in [2.75, 3.05) is 7.11 Å². The lowest BCUT2D eigenvalue weighted by Crippen LogP contribution is -1.90. The Morgan fingerprint density at radius 2 is 1.74 bits per heavy atom. The van der Waals surface area contributed by atoms with Crippen LogP contribution in [0.4, 0.5) is 8.78 Å². The van der Waals surface area contributed by atoms with Crippen LogP contribution in [0.1, 0.15) is 11.3 Å². The summed E-state index contributed by atoms with van der Waals surface area (Å²) < 4.78 is 33.5. The summed E-state index contributed by atoms with van der Waals surface area (Å²) in [6, 6.07) is 16.7. The van der Waals surface area contributed by atoms with E-state index in [1.807, 2.05) is 53.1 Å². The number of nitrogens with zero attached hydrogens (tertiary/aromatic N) is 2. The number of rotatable bonds is 6. The number of ketones is 1. The number of ether oxygens (including phenoxy) is 1. The Kier molecular flexibility index (Phi) is 5.71. The molecule has 0 saturated heterocycles. The molecule has 0 aliphatic heterocycles. The fraction of sp³-hybridized carbons (Fsp3) is 0.0400. The molecule has 2 heterocycles. The number of methoxy groups -OCH3 is 1. The second kappa shape index (κ2) is 8.75. The van der Waals surface area contributed by atoms with Crippen LogP contribution in [0.15, 0.2) is 79.0 Å². The maximum absolute atomic E-state index is 13.3. The molecule has 4 rings (SSSR count). The predicted molar refractivity (Wildman–Crippen MR) is 117 cm³/mol. The number of hydrogen-bond acceptors (Lipinski definition) is 3. The first-order chi connectivity index (χ1) is 15.0. The molecule has 0 saturated carbocycles. The second-order valence-corrected chi connectivity index (χ2v) is 6.75. The monoisotopic (exact) mass is 416 g/mol. The maximum atomic E-state index is 13.3. The van der Waals surface area contributed by atoms with Crippen molar-refractivity contribution < 1.29 is 18.3 Å². The molecule has 0 amide bonds. The Morgan fingerprint density at radius 3 is 2.48 bits per heavy atom. The molecular weight excluding hydrogens is 398 g/mol. The summed E-state index contributed by atoms with van der Waals surface area (Å²) in [6.07, 6.45) is 7.68. The van der Waals surface area contributed by atoms with E-state index in [1.165, 1.54) is 24.3 Å². The Morgan fingerprint density at radius 1 is 0.968 bits per heavy atom. The van der Waals surface area contributed by atoms with Crippen molar-refractivity contribution >= 4 is 23.6 Å². The topological polar surface area (TPSA) is 43.6 Å². The molecule has 2 aromatic heterocycles. The predicted octanol–water partition coefficient (Wildman–Crippen LogP) is 5.58. The SMILES string of the molecule is COc1ccc(-c2c(/C=C/C(=O)/C=C/c3ccc(F)c(F)c3)nc3ccccn23)cc1. The first-order valence-electron chi connectivity index (χ1n) is 9.52. The highest BCUT2D eigenvalue weighted by Gasteiger charge is 2.12. The van der Waals surface area contributed by atoms with Crippen LogP contribution in [0.2, 0.25) is 0 Å². The van der Waals surface area contributed by atoms with E-state index in [4.69, 9.17) is 4.74 Å². The van der Waals surface area contributed by atoms with Gasteiger partial charge in [0.05, 0.1) is 18.5 Å². The van der Waals surface area contributed by atoms with Gasteiger partial charge in [-0.3, -0.25) is 9.20 Å². The van der Waals surface area contributed by atoms with Crippen molar-refractivity contribution in [3.63, 3.8) is 0 Å². The molecule has 6 heteroatoms. The summed E-state index contributed by atoms with van der Waals surface area (Å²) in [4.78, 5) is 16.9. The molecule has 0 aliphatic carbocycles. The van der Waals surface area contributed by atoms with Gasteiger partial charge in [-0.2, -0.15) is 0 Å². The van der Waals surface area contributed by atoms with Crippen LogP contribution < -0.4 is 4.74 Å². The van der Waals surface area contributed by atoms with Gasteiger partial charge < -0.3 is 4.74 Å². The summed E-state index contributed by atoms with van der Waals surface area (Å²) in [7, 11) is 1.61. The number of fused-ring (bicyclic) bond motifs is 1. The van der Waals surface area contributed by atoms with Crippen LogP contribution in [0.3, 0.4) is 0 Å². The van der Waals surface area contributed by atoms with E-state index in [0.29, 0.717) is 11.3 Å². The molecule has 0 radical (unpaired) electrons. The first-order valence-corrected chi connectivity index (χ1v) is 9.52. The van der Waals surface area contributed by atoms with E-state index in [1.54, 1.807) is 13.2 Å². The van der Waals surface area contributed by atoms with Gasteiger partial charge in [0.15, 0.2) is 17.4 Å². The van der Waals surface area contributed by atoms with Gasteiger partial charge in [-0.25, -0.2) is 13.8 Å². The number of imidazole rings is 1. The van der Waals surface area contributed by atoms with E-state index < -0.39 is 11.6 Å². The van der Waals surface area contributed by atoms with Crippen LogP contribution in [0, 0.1) is 11.6 Å². The van der Waals surface area contributed by atoms with E-state index in [-0.39, 0.29) is 5.78 Å². The molecule has 4 aromatic rings. The van der Waals surface area contributed by atoms with E-state index in [0.717, 1.165) is 34.8 Å².